The number of carbonyl (C=O) groups is 1. The van der Waals surface area contributed by atoms with E-state index in [0.717, 1.165) is 18.7 Å². The minimum Gasteiger partial charge on any atom is -0.481 e. The Hall–Kier alpha value is -1.50. The zero-order valence-corrected chi connectivity index (χ0v) is 8.57. The molecule has 7 heteroatoms. The maximum absolute atomic E-state index is 10.5. The molecular formula is C8H8N4O2S. The van der Waals surface area contributed by atoms with Crippen molar-refractivity contribution in [3.8, 4) is 0 Å². The molecule has 6 nitrogen and oxygen atoms in total. The lowest BCUT2D eigenvalue weighted by Gasteiger charge is -1.89. The quantitative estimate of drug-likeness (QED) is 0.829. The Morgan fingerprint density at radius 3 is 3.00 bits per heavy atom. The van der Waals surface area contributed by atoms with E-state index in [0.29, 0.717) is 15.9 Å². The summed E-state index contributed by atoms with van der Waals surface area (Å²) in [4.78, 5) is 11.2. The van der Waals surface area contributed by atoms with E-state index in [1.54, 1.807) is 4.52 Å². The molecule has 1 aliphatic carbocycles. The number of carboxylic acids is 1. The smallest absolute Gasteiger partial charge is 0.310 e. The van der Waals surface area contributed by atoms with Crippen molar-refractivity contribution in [3.05, 3.63) is 10.8 Å². The summed E-state index contributed by atoms with van der Waals surface area (Å²) in [6.45, 7) is 0. The fourth-order valence-corrected chi connectivity index (χ4v) is 2.30. The van der Waals surface area contributed by atoms with E-state index in [9.17, 15) is 4.79 Å². The molecule has 0 amide bonds. The van der Waals surface area contributed by atoms with Crippen molar-refractivity contribution < 1.29 is 9.90 Å². The van der Waals surface area contributed by atoms with Crippen LogP contribution in [0.3, 0.4) is 0 Å². The van der Waals surface area contributed by atoms with Gasteiger partial charge in [-0.2, -0.15) is 9.61 Å². The van der Waals surface area contributed by atoms with E-state index in [2.05, 4.69) is 15.3 Å². The number of aromatic nitrogens is 4. The van der Waals surface area contributed by atoms with Crippen molar-refractivity contribution in [1.29, 1.82) is 0 Å². The highest BCUT2D eigenvalue weighted by Gasteiger charge is 2.30. The molecule has 0 aromatic carbocycles. The molecule has 0 radical (unpaired) electrons. The van der Waals surface area contributed by atoms with Crippen molar-refractivity contribution >= 4 is 22.3 Å². The van der Waals surface area contributed by atoms with Gasteiger partial charge >= 0.3 is 5.97 Å². The van der Waals surface area contributed by atoms with Crippen LogP contribution in [0.1, 0.15) is 29.6 Å². The summed E-state index contributed by atoms with van der Waals surface area (Å²) >= 11 is 1.29. The minimum atomic E-state index is -0.868. The van der Waals surface area contributed by atoms with Crippen LogP contribution >= 0.6 is 11.3 Å². The second kappa shape index (κ2) is 2.99. The molecule has 0 aliphatic heterocycles. The molecule has 2 aromatic rings. The summed E-state index contributed by atoms with van der Waals surface area (Å²) in [5.41, 5.74) is 0. The molecule has 0 atom stereocenters. The Morgan fingerprint density at radius 1 is 1.53 bits per heavy atom. The number of carboxylic acid groups (broad SMARTS) is 1. The lowest BCUT2D eigenvalue weighted by atomic mass is 10.4. The molecule has 0 bridgehead atoms. The third-order valence-electron chi connectivity index (χ3n) is 2.30. The van der Waals surface area contributed by atoms with Gasteiger partial charge in [-0.3, -0.25) is 4.79 Å². The highest BCUT2D eigenvalue weighted by Crippen LogP contribution is 2.39. The topological polar surface area (TPSA) is 80.4 Å². The van der Waals surface area contributed by atoms with Crippen molar-refractivity contribution in [2.24, 2.45) is 0 Å². The summed E-state index contributed by atoms with van der Waals surface area (Å²) < 4.78 is 1.68. The van der Waals surface area contributed by atoms with Crippen LogP contribution in [0, 0.1) is 0 Å². The van der Waals surface area contributed by atoms with Crippen molar-refractivity contribution in [3.63, 3.8) is 0 Å². The Kier molecular flexibility index (Phi) is 1.75. The Balaban J connectivity index is 2.02. The largest absolute Gasteiger partial charge is 0.481 e. The second-order valence-electron chi connectivity index (χ2n) is 3.59. The summed E-state index contributed by atoms with van der Waals surface area (Å²) in [6.07, 6.45) is 2.22. The standard InChI is InChI=1S/C8H8N4O2S/c13-6(14)3-5-11-12-7(4-1-2-4)9-10-8(12)15-5/h4H,1-3H2,(H,13,14). The van der Waals surface area contributed by atoms with Crippen LogP contribution in [0.15, 0.2) is 0 Å². The normalized spacial score (nSPS) is 16.0. The average molecular weight is 224 g/mol. The summed E-state index contributed by atoms with van der Waals surface area (Å²) in [5.74, 6) is 0.477. The van der Waals surface area contributed by atoms with Crippen LogP contribution < -0.4 is 0 Å². The van der Waals surface area contributed by atoms with Gasteiger partial charge in [0.05, 0.1) is 6.42 Å². The first kappa shape index (κ1) is 8.78. The number of hydrogen-bond donors (Lipinski definition) is 1. The fraction of sp³-hybridized carbons (Fsp3) is 0.500. The van der Waals surface area contributed by atoms with E-state index in [4.69, 9.17) is 5.11 Å². The van der Waals surface area contributed by atoms with Crippen LogP contribution in [0.5, 0.6) is 0 Å². The number of rotatable bonds is 3. The maximum Gasteiger partial charge on any atom is 0.310 e. The highest BCUT2D eigenvalue weighted by atomic mass is 32.1. The molecule has 0 saturated heterocycles. The van der Waals surface area contributed by atoms with Gasteiger partial charge in [-0.05, 0) is 12.8 Å². The molecule has 15 heavy (non-hydrogen) atoms. The van der Waals surface area contributed by atoms with E-state index < -0.39 is 5.97 Å². The molecule has 1 aliphatic rings. The van der Waals surface area contributed by atoms with E-state index >= 15 is 0 Å². The first-order valence-electron chi connectivity index (χ1n) is 4.67. The Labute approximate surface area is 88.6 Å². The zero-order valence-electron chi connectivity index (χ0n) is 7.75. The van der Waals surface area contributed by atoms with E-state index in [1.165, 1.54) is 11.3 Å². The number of nitrogens with zero attached hydrogens (tertiary/aromatic N) is 4. The van der Waals surface area contributed by atoms with Crippen molar-refractivity contribution in [2.45, 2.75) is 25.2 Å². The van der Waals surface area contributed by atoms with Gasteiger partial charge < -0.3 is 5.11 Å². The molecule has 1 saturated carbocycles. The van der Waals surface area contributed by atoms with Gasteiger partial charge in [0.15, 0.2) is 5.82 Å². The van der Waals surface area contributed by atoms with Crippen LogP contribution in [-0.2, 0) is 11.2 Å². The minimum absolute atomic E-state index is 0.0435. The maximum atomic E-state index is 10.5. The molecule has 0 spiro atoms. The lowest BCUT2D eigenvalue weighted by molar-refractivity contribution is -0.136. The predicted octanol–water partition coefficient (Wildman–Crippen LogP) is 0.690. The van der Waals surface area contributed by atoms with Gasteiger partial charge in [0, 0.05) is 5.92 Å². The second-order valence-corrected chi connectivity index (χ2v) is 4.63. The predicted molar refractivity (Wildman–Crippen MR) is 52.0 cm³/mol. The molecule has 1 N–H and O–H groups in total. The molecule has 3 rings (SSSR count). The Morgan fingerprint density at radius 2 is 2.33 bits per heavy atom. The van der Waals surface area contributed by atoms with E-state index in [-0.39, 0.29) is 6.42 Å². The molecular weight excluding hydrogens is 216 g/mol. The molecule has 2 aromatic heterocycles. The van der Waals surface area contributed by atoms with Gasteiger partial charge in [0.25, 0.3) is 0 Å². The third-order valence-corrected chi connectivity index (χ3v) is 3.20. The molecule has 78 valence electrons. The van der Waals surface area contributed by atoms with Gasteiger partial charge in [-0.15, -0.1) is 10.2 Å². The lowest BCUT2D eigenvalue weighted by Crippen LogP contribution is -2.01. The number of fused-ring (bicyclic) bond motifs is 1. The highest BCUT2D eigenvalue weighted by molar-refractivity contribution is 7.16. The fourth-order valence-electron chi connectivity index (χ4n) is 1.47. The first-order valence-corrected chi connectivity index (χ1v) is 5.48. The van der Waals surface area contributed by atoms with Crippen molar-refractivity contribution in [2.75, 3.05) is 0 Å². The molecule has 2 heterocycles. The molecule has 0 unspecified atom stereocenters. The van der Waals surface area contributed by atoms with Crippen LogP contribution in [0.25, 0.3) is 4.96 Å². The van der Waals surface area contributed by atoms with Gasteiger partial charge in [0.1, 0.15) is 5.01 Å². The summed E-state index contributed by atoms with van der Waals surface area (Å²) in [6, 6.07) is 0. The van der Waals surface area contributed by atoms with Gasteiger partial charge in [-0.25, -0.2) is 0 Å². The zero-order chi connectivity index (χ0) is 10.4. The average Bonchev–Trinajstić information content (AvgIpc) is 2.80. The SMILES string of the molecule is O=C(O)Cc1nn2c(C3CC3)nnc2s1. The van der Waals surface area contributed by atoms with Crippen LogP contribution in [-0.4, -0.2) is 30.9 Å². The van der Waals surface area contributed by atoms with Crippen LogP contribution in [0.2, 0.25) is 0 Å². The summed E-state index contributed by atoms with van der Waals surface area (Å²) in [7, 11) is 0. The number of aliphatic carboxylic acids is 1. The van der Waals surface area contributed by atoms with Gasteiger partial charge in [-0.1, -0.05) is 11.3 Å². The van der Waals surface area contributed by atoms with E-state index in [1.807, 2.05) is 0 Å². The van der Waals surface area contributed by atoms with Crippen LogP contribution in [0.4, 0.5) is 0 Å². The first-order chi connectivity index (χ1) is 7.24. The summed E-state index contributed by atoms with van der Waals surface area (Å²) in [5, 5.41) is 21.5. The third kappa shape index (κ3) is 1.48. The Bertz CT molecular complexity index is 528. The van der Waals surface area contributed by atoms with Crippen molar-refractivity contribution in [1.82, 2.24) is 19.8 Å². The monoisotopic (exact) mass is 224 g/mol. The molecule has 1 fully saturated rings. The number of hydrogen-bond acceptors (Lipinski definition) is 5. The van der Waals surface area contributed by atoms with Gasteiger partial charge in [0.2, 0.25) is 4.96 Å².